The Morgan fingerprint density at radius 2 is 2.00 bits per heavy atom. The summed E-state index contributed by atoms with van der Waals surface area (Å²) in [6.45, 7) is 6.06. The minimum Gasteiger partial charge on any atom is -0.356 e. The first-order valence-corrected chi connectivity index (χ1v) is 7.76. The van der Waals surface area contributed by atoms with Crippen molar-refractivity contribution in [3.63, 3.8) is 0 Å². The molecule has 1 rings (SSSR count). The standard InChI is InChI=1S/C14H25ClN2O2/c1-3-4-7-16-13(18)12-5-8-17(9-6-12)14(19)11(2)10-15/h11-12H,3-10H2,1-2H3,(H,16,18). The SMILES string of the molecule is CCCCNC(=O)C1CCN(C(=O)C(C)CCl)CC1. The van der Waals surface area contributed by atoms with E-state index in [0.717, 1.165) is 32.2 Å². The van der Waals surface area contributed by atoms with Gasteiger partial charge in [0.05, 0.1) is 0 Å². The first-order chi connectivity index (χ1) is 9.10. The highest BCUT2D eigenvalue weighted by atomic mass is 35.5. The average Bonchev–Trinajstić information content (AvgIpc) is 2.46. The van der Waals surface area contributed by atoms with Crippen LogP contribution < -0.4 is 5.32 Å². The molecule has 0 aliphatic carbocycles. The minimum absolute atomic E-state index is 0.0622. The van der Waals surface area contributed by atoms with Crippen LogP contribution in [0.3, 0.4) is 0 Å². The first kappa shape index (κ1) is 16.3. The van der Waals surface area contributed by atoms with Crippen molar-refractivity contribution in [3.8, 4) is 0 Å². The van der Waals surface area contributed by atoms with Gasteiger partial charge in [-0.25, -0.2) is 0 Å². The van der Waals surface area contributed by atoms with E-state index in [1.165, 1.54) is 0 Å². The molecule has 1 fully saturated rings. The van der Waals surface area contributed by atoms with Crippen LogP contribution in [0.4, 0.5) is 0 Å². The molecule has 0 spiro atoms. The molecule has 110 valence electrons. The molecule has 0 aromatic heterocycles. The summed E-state index contributed by atoms with van der Waals surface area (Å²) < 4.78 is 0. The van der Waals surface area contributed by atoms with Gasteiger partial charge in [-0.3, -0.25) is 9.59 Å². The second-order valence-electron chi connectivity index (χ2n) is 5.30. The van der Waals surface area contributed by atoms with Crippen molar-refractivity contribution in [2.45, 2.75) is 39.5 Å². The number of hydrogen-bond donors (Lipinski definition) is 1. The van der Waals surface area contributed by atoms with E-state index >= 15 is 0 Å². The van der Waals surface area contributed by atoms with Crippen LogP contribution in [0, 0.1) is 11.8 Å². The summed E-state index contributed by atoms with van der Waals surface area (Å²) >= 11 is 5.70. The Morgan fingerprint density at radius 3 is 2.53 bits per heavy atom. The van der Waals surface area contributed by atoms with Gasteiger partial charge in [-0.05, 0) is 19.3 Å². The summed E-state index contributed by atoms with van der Waals surface area (Å²) in [6.07, 6.45) is 3.64. The fourth-order valence-electron chi connectivity index (χ4n) is 2.27. The highest BCUT2D eigenvalue weighted by Crippen LogP contribution is 2.19. The van der Waals surface area contributed by atoms with Crippen molar-refractivity contribution >= 4 is 23.4 Å². The molecular weight excluding hydrogens is 264 g/mol. The summed E-state index contributed by atoms with van der Waals surface area (Å²) in [5.74, 6) is 0.547. The van der Waals surface area contributed by atoms with E-state index < -0.39 is 0 Å². The molecule has 0 radical (unpaired) electrons. The summed E-state index contributed by atoms with van der Waals surface area (Å²) in [5, 5.41) is 2.97. The molecule has 5 heteroatoms. The predicted octanol–water partition coefficient (Wildman–Crippen LogP) is 2.02. The molecule has 2 amide bonds. The zero-order chi connectivity index (χ0) is 14.3. The Morgan fingerprint density at radius 1 is 1.37 bits per heavy atom. The molecule has 1 N–H and O–H groups in total. The summed E-state index contributed by atoms with van der Waals surface area (Å²) in [5.41, 5.74) is 0. The Labute approximate surface area is 120 Å². The number of amides is 2. The van der Waals surface area contributed by atoms with Crippen molar-refractivity contribution in [1.82, 2.24) is 10.2 Å². The molecule has 1 aliphatic rings. The summed E-state index contributed by atoms with van der Waals surface area (Å²) in [6, 6.07) is 0. The molecule has 0 bridgehead atoms. The molecule has 1 atom stereocenters. The third kappa shape index (κ3) is 5.01. The number of rotatable bonds is 6. The Balaban J connectivity index is 2.32. The van der Waals surface area contributed by atoms with E-state index in [1.807, 2.05) is 11.8 Å². The van der Waals surface area contributed by atoms with Crippen molar-refractivity contribution in [2.24, 2.45) is 11.8 Å². The number of nitrogens with zero attached hydrogens (tertiary/aromatic N) is 1. The van der Waals surface area contributed by atoms with Gasteiger partial charge in [-0.1, -0.05) is 20.3 Å². The Hall–Kier alpha value is -0.770. The normalized spacial score (nSPS) is 18.2. The number of carbonyl (C=O) groups is 2. The van der Waals surface area contributed by atoms with Gasteiger partial charge in [0.1, 0.15) is 0 Å². The average molecular weight is 289 g/mol. The molecule has 0 aromatic carbocycles. The molecular formula is C14H25ClN2O2. The molecule has 0 saturated carbocycles. The van der Waals surface area contributed by atoms with Gasteiger partial charge in [0.25, 0.3) is 0 Å². The molecule has 4 nitrogen and oxygen atoms in total. The Bertz CT molecular complexity index is 302. The van der Waals surface area contributed by atoms with Crippen LogP contribution in [0.5, 0.6) is 0 Å². The van der Waals surface area contributed by atoms with E-state index in [9.17, 15) is 9.59 Å². The number of unbranched alkanes of at least 4 members (excludes halogenated alkanes) is 1. The lowest BCUT2D eigenvalue weighted by Gasteiger charge is -2.32. The third-order valence-electron chi connectivity index (χ3n) is 3.66. The highest BCUT2D eigenvalue weighted by Gasteiger charge is 2.28. The quantitative estimate of drug-likeness (QED) is 0.600. The lowest BCUT2D eigenvalue weighted by Crippen LogP contribution is -2.45. The molecule has 1 saturated heterocycles. The fraction of sp³-hybridized carbons (Fsp3) is 0.857. The van der Waals surface area contributed by atoms with Crippen LogP contribution in [0.1, 0.15) is 39.5 Å². The fourth-order valence-corrected chi connectivity index (χ4v) is 2.40. The Kier molecular flexibility index (Phi) is 7.21. The molecule has 19 heavy (non-hydrogen) atoms. The van der Waals surface area contributed by atoms with Crippen LogP contribution in [0.25, 0.3) is 0 Å². The number of alkyl halides is 1. The van der Waals surface area contributed by atoms with Crippen molar-refractivity contribution < 1.29 is 9.59 Å². The number of halogens is 1. The second kappa shape index (κ2) is 8.41. The number of piperidine rings is 1. The van der Waals surface area contributed by atoms with Crippen LogP contribution in [-0.4, -0.2) is 42.2 Å². The van der Waals surface area contributed by atoms with Crippen LogP contribution in [0.15, 0.2) is 0 Å². The number of nitrogens with one attached hydrogen (secondary N) is 1. The van der Waals surface area contributed by atoms with E-state index in [0.29, 0.717) is 19.0 Å². The van der Waals surface area contributed by atoms with Crippen molar-refractivity contribution in [2.75, 3.05) is 25.5 Å². The van der Waals surface area contributed by atoms with E-state index in [1.54, 1.807) is 0 Å². The maximum Gasteiger partial charge on any atom is 0.226 e. The lowest BCUT2D eigenvalue weighted by molar-refractivity contribution is -0.138. The van der Waals surface area contributed by atoms with Gasteiger partial charge in [-0.2, -0.15) is 0 Å². The van der Waals surface area contributed by atoms with Crippen molar-refractivity contribution in [1.29, 1.82) is 0 Å². The number of hydrogen-bond acceptors (Lipinski definition) is 2. The van der Waals surface area contributed by atoms with Gasteiger partial charge < -0.3 is 10.2 Å². The van der Waals surface area contributed by atoms with Crippen LogP contribution in [0.2, 0.25) is 0 Å². The van der Waals surface area contributed by atoms with E-state index in [2.05, 4.69) is 12.2 Å². The number of carbonyl (C=O) groups excluding carboxylic acids is 2. The van der Waals surface area contributed by atoms with Crippen LogP contribution >= 0.6 is 11.6 Å². The largest absolute Gasteiger partial charge is 0.356 e. The highest BCUT2D eigenvalue weighted by molar-refractivity contribution is 6.19. The predicted molar refractivity (Wildman–Crippen MR) is 77.1 cm³/mol. The van der Waals surface area contributed by atoms with Gasteiger partial charge >= 0.3 is 0 Å². The zero-order valence-electron chi connectivity index (χ0n) is 12.0. The van der Waals surface area contributed by atoms with Gasteiger partial charge in [-0.15, -0.1) is 11.6 Å². The molecule has 1 unspecified atom stereocenters. The monoisotopic (exact) mass is 288 g/mol. The van der Waals surface area contributed by atoms with E-state index in [4.69, 9.17) is 11.6 Å². The molecule has 0 aromatic rings. The second-order valence-corrected chi connectivity index (χ2v) is 5.61. The maximum absolute atomic E-state index is 12.0. The van der Waals surface area contributed by atoms with Gasteiger partial charge in [0.15, 0.2) is 0 Å². The molecule has 1 heterocycles. The smallest absolute Gasteiger partial charge is 0.226 e. The van der Waals surface area contributed by atoms with Crippen molar-refractivity contribution in [3.05, 3.63) is 0 Å². The first-order valence-electron chi connectivity index (χ1n) is 7.22. The minimum atomic E-state index is -0.128. The topological polar surface area (TPSA) is 49.4 Å². The van der Waals surface area contributed by atoms with E-state index in [-0.39, 0.29) is 23.7 Å². The maximum atomic E-state index is 12.0. The zero-order valence-corrected chi connectivity index (χ0v) is 12.7. The van der Waals surface area contributed by atoms with Crippen LogP contribution in [-0.2, 0) is 9.59 Å². The summed E-state index contributed by atoms with van der Waals surface area (Å²) in [7, 11) is 0. The van der Waals surface area contributed by atoms with Gasteiger partial charge in [0.2, 0.25) is 11.8 Å². The number of likely N-dealkylation sites (tertiary alicyclic amines) is 1. The molecule has 1 aliphatic heterocycles. The van der Waals surface area contributed by atoms with Gasteiger partial charge in [0, 0.05) is 37.4 Å². The lowest BCUT2D eigenvalue weighted by atomic mass is 9.95. The third-order valence-corrected chi connectivity index (χ3v) is 4.12. The summed E-state index contributed by atoms with van der Waals surface area (Å²) in [4.78, 5) is 25.7.